The highest BCUT2D eigenvalue weighted by Crippen LogP contribution is 2.20. The Hall–Kier alpha value is -2.74. The summed E-state index contributed by atoms with van der Waals surface area (Å²) in [6.45, 7) is 0.547. The third-order valence-electron chi connectivity index (χ3n) is 3.96. The van der Waals surface area contributed by atoms with Gasteiger partial charge in [0.1, 0.15) is 0 Å². The second kappa shape index (κ2) is 6.17. The van der Waals surface area contributed by atoms with E-state index in [1.54, 1.807) is 29.3 Å². The van der Waals surface area contributed by atoms with Crippen molar-refractivity contribution in [2.75, 3.05) is 13.2 Å². The highest BCUT2D eigenvalue weighted by molar-refractivity contribution is 5.92. The van der Waals surface area contributed by atoms with E-state index in [4.69, 9.17) is 0 Å². The number of nitro benzene ring substituents is 1. The summed E-state index contributed by atoms with van der Waals surface area (Å²) in [4.78, 5) is 24.4. The number of carbonyl (C=O) groups is 1. The molecule has 1 fully saturated rings. The summed E-state index contributed by atoms with van der Waals surface area (Å²) in [6, 6.07) is 7.46. The third-order valence-corrected chi connectivity index (χ3v) is 3.96. The lowest BCUT2D eigenvalue weighted by atomic mass is 10.2. The number of nitro groups is 1. The largest absolute Gasteiger partial charge is 0.394 e. The van der Waals surface area contributed by atoms with Crippen molar-refractivity contribution in [1.29, 1.82) is 0 Å². The molecule has 23 heavy (non-hydrogen) atoms. The Kier molecular flexibility index (Phi) is 4.07. The van der Waals surface area contributed by atoms with Gasteiger partial charge in [0, 0.05) is 24.9 Å². The zero-order chi connectivity index (χ0) is 16.4. The van der Waals surface area contributed by atoms with Crippen molar-refractivity contribution < 1.29 is 14.8 Å². The van der Waals surface area contributed by atoms with Crippen molar-refractivity contribution in [3.63, 3.8) is 0 Å². The van der Waals surface area contributed by atoms with E-state index in [2.05, 4.69) is 5.10 Å². The van der Waals surface area contributed by atoms with Crippen molar-refractivity contribution >= 4 is 11.6 Å². The van der Waals surface area contributed by atoms with Crippen LogP contribution in [0, 0.1) is 10.1 Å². The Morgan fingerprint density at radius 1 is 1.43 bits per heavy atom. The molecule has 1 aliphatic heterocycles. The van der Waals surface area contributed by atoms with Gasteiger partial charge in [0.15, 0.2) is 5.69 Å². The Labute approximate surface area is 132 Å². The summed E-state index contributed by atoms with van der Waals surface area (Å²) in [7, 11) is 0. The Balaban J connectivity index is 1.84. The summed E-state index contributed by atoms with van der Waals surface area (Å²) < 4.78 is 1.43. The van der Waals surface area contributed by atoms with Gasteiger partial charge in [0.2, 0.25) is 0 Å². The van der Waals surface area contributed by atoms with Crippen LogP contribution in [0.15, 0.2) is 36.5 Å². The van der Waals surface area contributed by atoms with Gasteiger partial charge in [0.25, 0.3) is 11.6 Å². The molecule has 3 rings (SSSR count). The minimum atomic E-state index is -0.477. The molecule has 1 saturated heterocycles. The molecule has 1 aliphatic rings. The molecule has 0 unspecified atom stereocenters. The zero-order valence-corrected chi connectivity index (χ0v) is 12.3. The van der Waals surface area contributed by atoms with Gasteiger partial charge in [-0.15, -0.1) is 0 Å². The van der Waals surface area contributed by atoms with Gasteiger partial charge in [-0.05, 0) is 25.0 Å². The number of aliphatic hydroxyl groups is 1. The molecule has 2 heterocycles. The quantitative estimate of drug-likeness (QED) is 0.678. The van der Waals surface area contributed by atoms with Crippen LogP contribution in [0.3, 0.4) is 0 Å². The van der Waals surface area contributed by atoms with E-state index in [0.717, 1.165) is 12.8 Å². The molecular formula is C15H16N4O4. The van der Waals surface area contributed by atoms with Crippen LogP contribution in [-0.4, -0.2) is 49.8 Å². The maximum Gasteiger partial charge on any atom is 0.274 e. The van der Waals surface area contributed by atoms with Gasteiger partial charge in [-0.3, -0.25) is 14.9 Å². The molecule has 0 aliphatic carbocycles. The number of amides is 1. The first kappa shape index (κ1) is 15.2. The van der Waals surface area contributed by atoms with Crippen molar-refractivity contribution in [1.82, 2.24) is 14.7 Å². The fourth-order valence-corrected chi connectivity index (χ4v) is 2.77. The van der Waals surface area contributed by atoms with E-state index in [0.29, 0.717) is 12.2 Å². The van der Waals surface area contributed by atoms with Crippen LogP contribution >= 0.6 is 0 Å². The van der Waals surface area contributed by atoms with Crippen LogP contribution < -0.4 is 0 Å². The molecule has 120 valence electrons. The Morgan fingerprint density at radius 2 is 2.26 bits per heavy atom. The molecule has 0 saturated carbocycles. The molecule has 1 aromatic carbocycles. The fourth-order valence-electron chi connectivity index (χ4n) is 2.77. The minimum Gasteiger partial charge on any atom is -0.394 e. The first-order chi connectivity index (χ1) is 11.1. The number of aliphatic hydroxyl groups excluding tert-OH is 1. The van der Waals surface area contributed by atoms with E-state index < -0.39 is 4.92 Å². The Bertz CT molecular complexity index is 743. The predicted molar refractivity (Wildman–Crippen MR) is 81.4 cm³/mol. The van der Waals surface area contributed by atoms with E-state index >= 15 is 0 Å². The number of likely N-dealkylation sites (tertiary alicyclic amines) is 1. The highest BCUT2D eigenvalue weighted by atomic mass is 16.6. The molecule has 1 amide bonds. The molecule has 0 radical (unpaired) electrons. The number of aromatic nitrogens is 2. The van der Waals surface area contributed by atoms with Gasteiger partial charge >= 0.3 is 0 Å². The molecule has 2 aromatic rings. The van der Waals surface area contributed by atoms with E-state index in [1.807, 2.05) is 0 Å². The van der Waals surface area contributed by atoms with E-state index in [1.165, 1.54) is 16.8 Å². The normalized spacial score (nSPS) is 17.4. The first-order valence-electron chi connectivity index (χ1n) is 7.32. The summed E-state index contributed by atoms with van der Waals surface area (Å²) >= 11 is 0. The van der Waals surface area contributed by atoms with Crippen LogP contribution in [0.1, 0.15) is 23.3 Å². The topological polar surface area (TPSA) is 102 Å². The zero-order valence-electron chi connectivity index (χ0n) is 12.3. The maximum absolute atomic E-state index is 12.5. The lowest BCUT2D eigenvalue weighted by Crippen LogP contribution is -2.37. The standard InChI is InChI=1S/C15H16N4O4/c20-10-13-5-2-7-17(13)15(21)14-6-8-18(16-14)11-3-1-4-12(9-11)19(22)23/h1,3-4,6,8-9,13,20H,2,5,7,10H2/t13-/m1/s1. The summed E-state index contributed by atoms with van der Waals surface area (Å²) in [6.07, 6.45) is 3.24. The SMILES string of the molecule is O=C(c1ccn(-c2cccc([N+](=O)[O-])c2)n1)N1CCC[C@@H]1CO. The molecule has 0 spiro atoms. The molecular weight excluding hydrogens is 300 g/mol. The average Bonchev–Trinajstić information content (AvgIpc) is 3.23. The molecule has 8 heteroatoms. The number of carbonyl (C=O) groups excluding carboxylic acids is 1. The second-order valence-electron chi connectivity index (χ2n) is 5.40. The maximum atomic E-state index is 12.5. The number of nitrogens with zero attached hydrogens (tertiary/aromatic N) is 4. The fraction of sp³-hybridized carbons (Fsp3) is 0.333. The summed E-state index contributed by atoms with van der Waals surface area (Å²) in [5.41, 5.74) is 0.737. The lowest BCUT2D eigenvalue weighted by molar-refractivity contribution is -0.384. The number of hydrogen-bond acceptors (Lipinski definition) is 5. The van der Waals surface area contributed by atoms with Crippen molar-refractivity contribution in [3.05, 3.63) is 52.3 Å². The van der Waals surface area contributed by atoms with E-state index in [9.17, 15) is 20.0 Å². The highest BCUT2D eigenvalue weighted by Gasteiger charge is 2.30. The lowest BCUT2D eigenvalue weighted by Gasteiger charge is -2.21. The molecule has 1 atom stereocenters. The van der Waals surface area contributed by atoms with Gasteiger partial charge in [-0.1, -0.05) is 6.07 Å². The first-order valence-corrected chi connectivity index (χ1v) is 7.32. The van der Waals surface area contributed by atoms with Crippen molar-refractivity contribution in [2.24, 2.45) is 0 Å². The van der Waals surface area contributed by atoms with Gasteiger partial charge in [-0.25, -0.2) is 4.68 Å². The number of hydrogen-bond donors (Lipinski definition) is 1. The predicted octanol–water partition coefficient (Wildman–Crippen LogP) is 1.38. The molecule has 1 N–H and O–H groups in total. The van der Waals surface area contributed by atoms with Crippen LogP contribution in [-0.2, 0) is 0 Å². The second-order valence-corrected chi connectivity index (χ2v) is 5.40. The Morgan fingerprint density at radius 3 is 3.00 bits per heavy atom. The van der Waals surface area contributed by atoms with Crippen molar-refractivity contribution in [2.45, 2.75) is 18.9 Å². The van der Waals surface area contributed by atoms with Crippen LogP contribution in [0.4, 0.5) is 5.69 Å². The van der Waals surface area contributed by atoms with Gasteiger partial charge < -0.3 is 10.0 Å². The number of rotatable bonds is 4. The van der Waals surface area contributed by atoms with Crippen molar-refractivity contribution in [3.8, 4) is 5.69 Å². The third kappa shape index (κ3) is 2.93. The van der Waals surface area contributed by atoms with Crippen LogP contribution in [0.2, 0.25) is 0 Å². The molecule has 8 nitrogen and oxygen atoms in total. The average molecular weight is 316 g/mol. The van der Waals surface area contributed by atoms with E-state index in [-0.39, 0.29) is 29.9 Å². The summed E-state index contributed by atoms with van der Waals surface area (Å²) in [5, 5.41) is 24.4. The smallest absolute Gasteiger partial charge is 0.274 e. The number of benzene rings is 1. The van der Waals surface area contributed by atoms with Gasteiger partial charge in [-0.2, -0.15) is 5.10 Å². The summed E-state index contributed by atoms with van der Waals surface area (Å²) in [5.74, 6) is -0.231. The molecule has 0 bridgehead atoms. The van der Waals surface area contributed by atoms with Crippen LogP contribution in [0.25, 0.3) is 5.69 Å². The monoisotopic (exact) mass is 316 g/mol. The molecule has 1 aromatic heterocycles. The number of non-ortho nitro benzene ring substituents is 1. The van der Waals surface area contributed by atoms with Gasteiger partial charge in [0.05, 0.1) is 23.3 Å². The minimum absolute atomic E-state index is 0.0363. The van der Waals surface area contributed by atoms with Crippen LogP contribution in [0.5, 0.6) is 0 Å².